The minimum atomic E-state index is -0.141. The first-order chi connectivity index (χ1) is 8.22. The van der Waals surface area contributed by atoms with Gasteiger partial charge in [0.2, 0.25) is 5.91 Å². The molecule has 0 saturated heterocycles. The van der Waals surface area contributed by atoms with E-state index in [2.05, 4.69) is 15.4 Å². The first-order valence-corrected chi connectivity index (χ1v) is 6.03. The van der Waals surface area contributed by atoms with Crippen LogP contribution in [-0.4, -0.2) is 39.7 Å². The number of rotatable bonds is 4. The van der Waals surface area contributed by atoms with Crippen molar-refractivity contribution < 1.29 is 9.53 Å². The molecule has 7 heteroatoms. The van der Waals surface area contributed by atoms with Crippen molar-refractivity contribution in [3.05, 3.63) is 11.6 Å². The molecule has 1 unspecified atom stereocenters. The lowest BCUT2D eigenvalue weighted by atomic mass is 10.1. The number of amides is 1. The summed E-state index contributed by atoms with van der Waals surface area (Å²) in [6.45, 7) is 1.06. The third-order valence-electron chi connectivity index (χ3n) is 2.66. The lowest BCUT2D eigenvalue weighted by Crippen LogP contribution is -2.41. The molecule has 2 rings (SSSR count). The minimum Gasteiger partial charge on any atom is -0.377 e. The van der Waals surface area contributed by atoms with E-state index in [1.165, 1.54) is 0 Å². The summed E-state index contributed by atoms with van der Waals surface area (Å²) in [6, 6.07) is 0.0887. The number of fused-ring (bicyclic) bond motifs is 1. The molecule has 0 fully saturated rings. The highest BCUT2D eigenvalue weighted by molar-refractivity contribution is 6.27. The smallest absolute Gasteiger partial charge is 0.235 e. The van der Waals surface area contributed by atoms with Crippen LogP contribution in [0.4, 0.5) is 0 Å². The van der Waals surface area contributed by atoms with Crippen LogP contribution >= 0.6 is 11.6 Å². The molecule has 0 bridgehead atoms. The van der Waals surface area contributed by atoms with Crippen LogP contribution in [-0.2, 0) is 29.1 Å². The molecule has 0 aliphatic carbocycles. The van der Waals surface area contributed by atoms with Crippen LogP contribution in [0.15, 0.2) is 0 Å². The van der Waals surface area contributed by atoms with Crippen molar-refractivity contribution in [2.24, 2.45) is 0 Å². The Kier molecular flexibility index (Phi) is 3.96. The van der Waals surface area contributed by atoms with Crippen LogP contribution in [0.25, 0.3) is 0 Å². The number of ether oxygens (including phenoxy) is 1. The molecule has 1 amide bonds. The molecule has 94 valence electrons. The number of carbonyl (C=O) groups excluding carboxylic acids is 1. The Balaban J connectivity index is 2.00. The quantitative estimate of drug-likeness (QED) is 0.778. The molecule has 17 heavy (non-hydrogen) atoms. The molecule has 1 atom stereocenters. The largest absolute Gasteiger partial charge is 0.377 e. The van der Waals surface area contributed by atoms with E-state index >= 15 is 0 Å². The van der Waals surface area contributed by atoms with Crippen molar-refractivity contribution in [3.63, 3.8) is 0 Å². The SMILES string of the molecule is COCc1nc2n(n1)CC(NC(=O)CCl)CC2. The molecule has 0 spiro atoms. The molecule has 1 aliphatic rings. The second-order valence-corrected chi connectivity index (χ2v) is 4.26. The Hall–Kier alpha value is -1.14. The van der Waals surface area contributed by atoms with Crippen LogP contribution in [0.3, 0.4) is 0 Å². The summed E-state index contributed by atoms with van der Waals surface area (Å²) >= 11 is 5.45. The van der Waals surface area contributed by atoms with Gasteiger partial charge in [0, 0.05) is 19.6 Å². The van der Waals surface area contributed by atoms with Gasteiger partial charge in [-0.15, -0.1) is 11.6 Å². The number of carbonyl (C=O) groups is 1. The van der Waals surface area contributed by atoms with Crippen molar-refractivity contribution in [3.8, 4) is 0 Å². The van der Waals surface area contributed by atoms with Gasteiger partial charge in [-0.1, -0.05) is 0 Å². The highest BCUT2D eigenvalue weighted by Gasteiger charge is 2.22. The predicted octanol–water partition coefficient (Wildman–Crippen LogP) is 0.0943. The molecular weight excluding hydrogens is 244 g/mol. The van der Waals surface area contributed by atoms with E-state index in [1.54, 1.807) is 7.11 Å². The third kappa shape index (κ3) is 2.95. The Bertz CT molecular complexity index is 407. The Morgan fingerprint density at radius 2 is 2.53 bits per heavy atom. The van der Waals surface area contributed by atoms with Crippen molar-refractivity contribution in [2.45, 2.75) is 32.0 Å². The van der Waals surface area contributed by atoms with Gasteiger partial charge in [0.05, 0.1) is 6.54 Å². The van der Waals surface area contributed by atoms with Crippen LogP contribution in [0.5, 0.6) is 0 Å². The third-order valence-corrected chi connectivity index (χ3v) is 2.90. The highest BCUT2D eigenvalue weighted by atomic mass is 35.5. The summed E-state index contributed by atoms with van der Waals surface area (Å²) in [6.07, 6.45) is 1.68. The second kappa shape index (κ2) is 5.46. The summed E-state index contributed by atoms with van der Waals surface area (Å²) in [5, 5.41) is 7.18. The molecule has 1 aromatic rings. The second-order valence-electron chi connectivity index (χ2n) is 4.00. The van der Waals surface area contributed by atoms with Crippen molar-refractivity contribution in [1.29, 1.82) is 0 Å². The van der Waals surface area contributed by atoms with Crippen molar-refractivity contribution in [2.75, 3.05) is 13.0 Å². The van der Waals surface area contributed by atoms with Gasteiger partial charge in [-0.05, 0) is 6.42 Å². The van der Waals surface area contributed by atoms with E-state index in [1.807, 2.05) is 4.68 Å². The van der Waals surface area contributed by atoms with Gasteiger partial charge in [-0.3, -0.25) is 4.79 Å². The number of hydrogen-bond acceptors (Lipinski definition) is 4. The average molecular weight is 259 g/mol. The van der Waals surface area contributed by atoms with Gasteiger partial charge in [0.1, 0.15) is 18.3 Å². The molecule has 1 aromatic heterocycles. The van der Waals surface area contributed by atoms with Crippen LogP contribution in [0, 0.1) is 0 Å². The maximum Gasteiger partial charge on any atom is 0.235 e. The topological polar surface area (TPSA) is 69.0 Å². The maximum absolute atomic E-state index is 11.2. The van der Waals surface area contributed by atoms with Gasteiger partial charge < -0.3 is 10.1 Å². The Morgan fingerprint density at radius 1 is 1.71 bits per heavy atom. The van der Waals surface area contributed by atoms with Gasteiger partial charge in [-0.25, -0.2) is 9.67 Å². The lowest BCUT2D eigenvalue weighted by molar-refractivity contribution is -0.119. The van der Waals surface area contributed by atoms with Gasteiger partial charge in [0.15, 0.2) is 5.82 Å². The Morgan fingerprint density at radius 3 is 3.24 bits per heavy atom. The molecule has 1 N–H and O–H groups in total. The van der Waals surface area contributed by atoms with E-state index in [-0.39, 0.29) is 17.8 Å². The first-order valence-electron chi connectivity index (χ1n) is 5.49. The number of methoxy groups -OCH3 is 1. The zero-order valence-electron chi connectivity index (χ0n) is 9.65. The summed E-state index contributed by atoms with van der Waals surface area (Å²) in [5.41, 5.74) is 0. The van der Waals surface area contributed by atoms with Gasteiger partial charge in [0.25, 0.3) is 0 Å². The molecule has 0 aromatic carbocycles. The van der Waals surface area contributed by atoms with E-state index in [4.69, 9.17) is 16.3 Å². The van der Waals surface area contributed by atoms with Gasteiger partial charge in [-0.2, -0.15) is 5.10 Å². The Labute approximate surface area is 104 Å². The fourth-order valence-corrected chi connectivity index (χ4v) is 2.01. The lowest BCUT2D eigenvalue weighted by Gasteiger charge is -2.23. The molecule has 0 radical (unpaired) electrons. The van der Waals surface area contributed by atoms with E-state index in [0.717, 1.165) is 18.7 Å². The molecule has 6 nitrogen and oxygen atoms in total. The molecular formula is C10H15ClN4O2. The molecule has 2 heterocycles. The van der Waals surface area contributed by atoms with E-state index < -0.39 is 0 Å². The zero-order chi connectivity index (χ0) is 12.3. The number of aryl methyl sites for hydroxylation is 1. The minimum absolute atomic E-state index is 0.00433. The monoisotopic (exact) mass is 258 g/mol. The number of nitrogens with zero attached hydrogens (tertiary/aromatic N) is 3. The zero-order valence-corrected chi connectivity index (χ0v) is 10.4. The van der Waals surface area contributed by atoms with Gasteiger partial charge >= 0.3 is 0 Å². The maximum atomic E-state index is 11.2. The molecule has 1 aliphatic heterocycles. The van der Waals surface area contributed by atoms with E-state index in [9.17, 15) is 4.79 Å². The van der Waals surface area contributed by atoms with Crippen LogP contribution < -0.4 is 5.32 Å². The highest BCUT2D eigenvalue weighted by Crippen LogP contribution is 2.13. The van der Waals surface area contributed by atoms with Crippen molar-refractivity contribution >= 4 is 17.5 Å². The summed E-state index contributed by atoms with van der Waals surface area (Å²) in [4.78, 5) is 15.6. The number of nitrogens with one attached hydrogen (secondary N) is 1. The van der Waals surface area contributed by atoms with Crippen LogP contribution in [0.1, 0.15) is 18.1 Å². The summed E-state index contributed by atoms with van der Waals surface area (Å²) in [7, 11) is 1.61. The number of hydrogen-bond donors (Lipinski definition) is 1. The molecule has 0 saturated carbocycles. The fourth-order valence-electron chi connectivity index (χ4n) is 1.93. The predicted molar refractivity (Wildman–Crippen MR) is 61.7 cm³/mol. The summed E-state index contributed by atoms with van der Waals surface area (Å²) in [5.74, 6) is 1.49. The standard InChI is InChI=1S/C10H15ClN4O2/c1-17-6-8-13-9-3-2-7(5-15(9)14-8)12-10(16)4-11/h7H,2-6H2,1H3,(H,12,16). The first kappa shape index (κ1) is 12.3. The average Bonchev–Trinajstić information content (AvgIpc) is 2.71. The number of halogens is 1. The van der Waals surface area contributed by atoms with Crippen LogP contribution in [0.2, 0.25) is 0 Å². The van der Waals surface area contributed by atoms with Crippen molar-refractivity contribution in [1.82, 2.24) is 20.1 Å². The van der Waals surface area contributed by atoms with E-state index in [0.29, 0.717) is 19.0 Å². The fraction of sp³-hybridized carbons (Fsp3) is 0.700. The number of aromatic nitrogens is 3. The normalized spacial score (nSPS) is 18.8. The number of alkyl halides is 1. The summed E-state index contributed by atoms with van der Waals surface area (Å²) < 4.78 is 6.82.